The van der Waals surface area contributed by atoms with E-state index in [1.54, 1.807) is 6.07 Å². The Labute approximate surface area is 165 Å². The van der Waals surface area contributed by atoms with Gasteiger partial charge in [0, 0.05) is 0 Å². The fourth-order valence-electron chi connectivity index (χ4n) is 2.83. The third kappa shape index (κ3) is 4.65. The standard InChI is InChI=1S/C21H15F3O4S/c22-21(23,24)17-9-7-15(8-10-17)16-4-2-6-19(13-16)29(27,28)18-5-1-3-14(11-18)12-20(25)26/h1-11,13H,12H2,(H,25,26). The molecule has 3 rings (SSSR count). The average Bonchev–Trinajstić information content (AvgIpc) is 2.67. The third-order valence-corrected chi connectivity index (χ3v) is 6.00. The number of sulfone groups is 1. The van der Waals surface area contributed by atoms with Crippen LogP contribution in [0.5, 0.6) is 0 Å². The third-order valence-electron chi connectivity index (χ3n) is 4.25. The second-order valence-corrected chi connectivity index (χ2v) is 8.27. The highest BCUT2D eigenvalue weighted by Crippen LogP contribution is 2.32. The Bertz CT molecular complexity index is 1150. The monoisotopic (exact) mass is 420 g/mol. The number of benzene rings is 3. The van der Waals surface area contributed by atoms with Gasteiger partial charge in [-0.2, -0.15) is 13.2 Å². The molecule has 0 aliphatic carbocycles. The largest absolute Gasteiger partial charge is 0.481 e. The van der Waals surface area contributed by atoms with E-state index in [4.69, 9.17) is 5.11 Å². The van der Waals surface area contributed by atoms with Crippen molar-refractivity contribution >= 4 is 15.8 Å². The smallest absolute Gasteiger partial charge is 0.416 e. The zero-order valence-corrected chi connectivity index (χ0v) is 15.7. The fourth-order valence-corrected chi connectivity index (χ4v) is 4.20. The van der Waals surface area contributed by atoms with Crippen molar-refractivity contribution in [2.45, 2.75) is 22.4 Å². The molecule has 0 aliphatic rings. The van der Waals surface area contributed by atoms with Crippen LogP contribution in [0.25, 0.3) is 11.1 Å². The first kappa shape index (κ1) is 20.6. The Hall–Kier alpha value is -3.13. The van der Waals surface area contributed by atoms with Gasteiger partial charge in [0.2, 0.25) is 9.84 Å². The van der Waals surface area contributed by atoms with Crippen molar-refractivity contribution in [3.05, 3.63) is 83.9 Å². The number of alkyl halides is 3. The minimum absolute atomic E-state index is 0.0395. The number of carboxylic acids is 1. The van der Waals surface area contributed by atoms with Crippen LogP contribution in [0.2, 0.25) is 0 Å². The molecule has 1 N–H and O–H groups in total. The van der Waals surface area contributed by atoms with Gasteiger partial charge in [-0.1, -0.05) is 36.4 Å². The Balaban J connectivity index is 1.97. The Morgan fingerprint density at radius 2 is 1.41 bits per heavy atom. The lowest BCUT2D eigenvalue weighted by Crippen LogP contribution is -2.05. The molecular weight excluding hydrogens is 405 g/mol. The molecule has 8 heteroatoms. The van der Waals surface area contributed by atoms with Crippen molar-refractivity contribution in [3.8, 4) is 11.1 Å². The van der Waals surface area contributed by atoms with Crippen LogP contribution in [0, 0.1) is 0 Å². The molecule has 0 heterocycles. The molecule has 29 heavy (non-hydrogen) atoms. The number of rotatable bonds is 5. The first-order valence-corrected chi connectivity index (χ1v) is 9.89. The lowest BCUT2D eigenvalue weighted by atomic mass is 10.0. The molecule has 0 aromatic heterocycles. The normalized spacial score (nSPS) is 12.0. The van der Waals surface area contributed by atoms with Gasteiger partial charge in [0.25, 0.3) is 0 Å². The summed E-state index contributed by atoms with van der Waals surface area (Å²) in [6, 6.07) is 15.9. The van der Waals surface area contributed by atoms with E-state index in [-0.39, 0.29) is 16.2 Å². The van der Waals surface area contributed by atoms with Crippen molar-refractivity contribution in [2.75, 3.05) is 0 Å². The molecule has 0 aliphatic heterocycles. The molecule has 4 nitrogen and oxygen atoms in total. The van der Waals surface area contributed by atoms with Crippen LogP contribution in [0.1, 0.15) is 11.1 Å². The van der Waals surface area contributed by atoms with E-state index < -0.39 is 27.5 Å². The number of hydrogen-bond donors (Lipinski definition) is 1. The molecule has 3 aromatic rings. The van der Waals surface area contributed by atoms with E-state index in [1.807, 2.05) is 0 Å². The first-order chi connectivity index (χ1) is 13.6. The zero-order valence-electron chi connectivity index (χ0n) is 14.8. The molecule has 0 spiro atoms. The summed E-state index contributed by atoms with van der Waals surface area (Å²) in [7, 11) is -3.93. The SMILES string of the molecule is O=C(O)Cc1cccc(S(=O)(=O)c2cccc(-c3ccc(C(F)(F)F)cc3)c2)c1. The van der Waals surface area contributed by atoms with Crippen LogP contribution in [0.4, 0.5) is 13.2 Å². The Morgan fingerprint density at radius 3 is 2.00 bits per heavy atom. The fraction of sp³-hybridized carbons (Fsp3) is 0.0952. The number of carbonyl (C=O) groups is 1. The minimum atomic E-state index is -4.45. The molecule has 0 amide bonds. The van der Waals surface area contributed by atoms with Crippen LogP contribution in [-0.2, 0) is 27.2 Å². The summed E-state index contributed by atoms with van der Waals surface area (Å²) in [6.45, 7) is 0. The topological polar surface area (TPSA) is 71.4 Å². The second kappa shape index (κ2) is 7.71. The Kier molecular flexibility index (Phi) is 5.48. The van der Waals surface area contributed by atoms with Gasteiger partial charge in [-0.15, -0.1) is 0 Å². The molecule has 3 aromatic carbocycles. The van der Waals surface area contributed by atoms with Crippen molar-refractivity contribution in [1.82, 2.24) is 0 Å². The maximum absolute atomic E-state index is 12.9. The van der Waals surface area contributed by atoms with Gasteiger partial charge in [-0.25, -0.2) is 8.42 Å². The highest BCUT2D eigenvalue weighted by atomic mass is 32.2. The van der Waals surface area contributed by atoms with E-state index in [1.165, 1.54) is 54.6 Å². The maximum Gasteiger partial charge on any atom is 0.416 e. The lowest BCUT2D eigenvalue weighted by Gasteiger charge is -2.10. The van der Waals surface area contributed by atoms with E-state index in [0.29, 0.717) is 16.7 Å². The number of aliphatic carboxylic acids is 1. The number of hydrogen-bond acceptors (Lipinski definition) is 3. The molecule has 0 unspecified atom stereocenters. The lowest BCUT2D eigenvalue weighted by molar-refractivity contribution is -0.138. The highest BCUT2D eigenvalue weighted by molar-refractivity contribution is 7.91. The average molecular weight is 420 g/mol. The summed E-state index contributed by atoms with van der Waals surface area (Å²) in [5, 5.41) is 8.89. The van der Waals surface area contributed by atoms with Crippen molar-refractivity contribution in [1.29, 1.82) is 0 Å². The molecular formula is C21H15F3O4S. The summed E-state index contributed by atoms with van der Waals surface area (Å²) in [6.07, 6.45) is -4.76. The van der Waals surface area contributed by atoms with Gasteiger partial charge in [0.15, 0.2) is 0 Å². The quantitative estimate of drug-likeness (QED) is 0.642. The molecule has 0 bridgehead atoms. The van der Waals surface area contributed by atoms with E-state index in [2.05, 4.69) is 0 Å². The zero-order chi connectivity index (χ0) is 21.2. The second-order valence-electron chi connectivity index (χ2n) is 6.32. The van der Waals surface area contributed by atoms with Crippen LogP contribution in [0.3, 0.4) is 0 Å². The molecule has 0 radical (unpaired) electrons. The van der Waals surface area contributed by atoms with Gasteiger partial charge in [-0.05, 0) is 53.1 Å². The highest BCUT2D eigenvalue weighted by Gasteiger charge is 2.30. The molecule has 0 atom stereocenters. The van der Waals surface area contributed by atoms with Gasteiger partial charge < -0.3 is 5.11 Å². The van der Waals surface area contributed by atoms with E-state index in [0.717, 1.165) is 12.1 Å². The number of halogens is 3. The summed E-state index contributed by atoms with van der Waals surface area (Å²) < 4.78 is 64.1. The van der Waals surface area contributed by atoms with Crippen LogP contribution >= 0.6 is 0 Å². The first-order valence-electron chi connectivity index (χ1n) is 8.41. The molecule has 0 saturated heterocycles. The van der Waals surface area contributed by atoms with E-state index in [9.17, 15) is 26.4 Å². The van der Waals surface area contributed by atoms with Crippen LogP contribution < -0.4 is 0 Å². The molecule has 150 valence electrons. The van der Waals surface area contributed by atoms with Crippen LogP contribution in [0.15, 0.2) is 82.6 Å². The van der Waals surface area contributed by atoms with Crippen molar-refractivity contribution in [2.24, 2.45) is 0 Å². The summed E-state index contributed by atoms with van der Waals surface area (Å²) in [4.78, 5) is 10.8. The maximum atomic E-state index is 12.9. The summed E-state index contributed by atoms with van der Waals surface area (Å²) >= 11 is 0. The summed E-state index contributed by atoms with van der Waals surface area (Å²) in [5.41, 5.74) is 0.439. The van der Waals surface area contributed by atoms with Crippen molar-refractivity contribution in [3.63, 3.8) is 0 Å². The minimum Gasteiger partial charge on any atom is -0.481 e. The molecule has 0 saturated carbocycles. The van der Waals surface area contributed by atoms with Gasteiger partial charge in [0.05, 0.1) is 21.8 Å². The number of carboxylic acid groups (broad SMARTS) is 1. The predicted molar refractivity (Wildman–Crippen MR) is 100 cm³/mol. The van der Waals surface area contributed by atoms with Gasteiger partial charge >= 0.3 is 12.1 Å². The summed E-state index contributed by atoms with van der Waals surface area (Å²) in [5.74, 6) is -1.08. The van der Waals surface area contributed by atoms with E-state index >= 15 is 0 Å². The Morgan fingerprint density at radius 1 is 0.828 bits per heavy atom. The van der Waals surface area contributed by atoms with Gasteiger partial charge in [-0.3, -0.25) is 4.79 Å². The molecule has 0 fully saturated rings. The predicted octanol–water partition coefficient (Wildman–Crippen LogP) is 4.83. The van der Waals surface area contributed by atoms with Crippen LogP contribution in [-0.4, -0.2) is 19.5 Å². The van der Waals surface area contributed by atoms with Crippen molar-refractivity contribution < 1.29 is 31.5 Å². The van der Waals surface area contributed by atoms with Gasteiger partial charge in [0.1, 0.15) is 0 Å².